The van der Waals surface area contributed by atoms with E-state index >= 15 is 0 Å². The van der Waals surface area contributed by atoms with Gasteiger partial charge >= 0.3 is 5.97 Å². The molecule has 26 heavy (non-hydrogen) atoms. The summed E-state index contributed by atoms with van der Waals surface area (Å²) in [6.45, 7) is 0.658. The topological polar surface area (TPSA) is 88.8 Å². The van der Waals surface area contributed by atoms with Crippen molar-refractivity contribution in [3.8, 4) is 17.6 Å². The zero-order chi connectivity index (χ0) is 18.8. The first-order chi connectivity index (χ1) is 12.5. The van der Waals surface area contributed by atoms with Crippen molar-refractivity contribution >= 4 is 5.97 Å². The zero-order valence-corrected chi connectivity index (χ0v) is 15.3. The highest BCUT2D eigenvalue weighted by molar-refractivity contribution is 5.77. The summed E-state index contributed by atoms with van der Waals surface area (Å²) >= 11 is 0. The average Bonchev–Trinajstić information content (AvgIpc) is 3.50. The first kappa shape index (κ1) is 18.5. The molecule has 2 saturated carbocycles. The SMILES string of the molecule is COc1ccc(C2(C#N)CCC(OC)(C(=O)O)CC2)cc1OCC1CC1. The zero-order valence-electron chi connectivity index (χ0n) is 15.3. The van der Waals surface area contributed by atoms with Gasteiger partial charge in [0.1, 0.15) is 0 Å². The van der Waals surface area contributed by atoms with Gasteiger partial charge in [-0.05, 0) is 62.1 Å². The summed E-state index contributed by atoms with van der Waals surface area (Å²) in [4.78, 5) is 11.6. The maximum Gasteiger partial charge on any atom is 0.335 e. The minimum absolute atomic E-state index is 0.302. The first-order valence-corrected chi connectivity index (χ1v) is 9.00. The minimum Gasteiger partial charge on any atom is -0.493 e. The van der Waals surface area contributed by atoms with Gasteiger partial charge in [-0.2, -0.15) is 5.26 Å². The molecule has 2 fully saturated rings. The molecule has 0 aliphatic heterocycles. The lowest BCUT2D eigenvalue weighted by atomic mass is 9.66. The Balaban J connectivity index is 1.85. The predicted molar refractivity (Wildman–Crippen MR) is 94.3 cm³/mol. The number of rotatable bonds is 7. The van der Waals surface area contributed by atoms with Crippen LogP contribution in [0, 0.1) is 17.2 Å². The lowest BCUT2D eigenvalue weighted by molar-refractivity contribution is -0.167. The van der Waals surface area contributed by atoms with Gasteiger partial charge in [-0.1, -0.05) is 6.07 Å². The van der Waals surface area contributed by atoms with Crippen molar-refractivity contribution < 1.29 is 24.1 Å². The molecule has 0 aromatic heterocycles. The van der Waals surface area contributed by atoms with Crippen molar-refractivity contribution in [3.63, 3.8) is 0 Å². The van der Waals surface area contributed by atoms with Crippen LogP contribution < -0.4 is 9.47 Å². The van der Waals surface area contributed by atoms with Crippen molar-refractivity contribution in [3.05, 3.63) is 23.8 Å². The Morgan fingerprint density at radius 3 is 2.42 bits per heavy atom. The van der Waals surface area contributed by atoms with Crippen molar-refractivity contribution in [2.24, 2.45) is 5.92 Å². The van der Waals surface area contributed by atoms with E-state index in [1.807, 2.05) is 18.2 Å². The summed E-state index contributed by atoms with van der Waals surface area (Å²) in [5, 5.41) is 19.4. The van der Waals surface area contributed by atoms with Gasteiger partial charge in [-0.15, -0.1) is 0 Å². The van der Waals surface area contributed by atoms with Gasteiger partial charge in [0.2, 0.25) is 0 Å². The monoisotopic (exact) mass is 359 g/mol. The third kappa shape index (κ3) is 3.36. The highest BCUT2D eigenvalue weighted by Crippen LogP contribution is 2.46. The molecule has 0 bridgehead atoms. The molecule has 3 rings (SSSR count). The van der Waals surface area contributed by atoms with E-state index in [-0.39, 0.29) is 0 Å². The fourth-order valence-corrected chi connectivity index (χ4v) is 3.63. The number of nitrogens with zero attached hydrogens (tertiary/aromatic N) is 1. The maximum absolute atomic E-state index is 11.6. The molecule has 0 radical (unpaired) electrons. The molecule has 140 valence electrons. The number of benzene rings is 1. The minimum atomic E-state index is -1.20. The average molecular weight is 359 g/mol. The summed E-state index contributed by atoms with van der Waals surface area (Å²) in [5.41, 5.74) is -1.08. The van der Waals surface area contributed by atoms with E-state index in [0.29, 0.717) is 49.7 Å². The van der Waals surface area contributed by atoms with E-state index in [2.05, 4.69) is 6.07 Å². The number of methoxy groups -OCH3 is 2. The smallest absolute Gasteiger partial charge is 0.335 e. The molecule has 0 unspecified atom stereocenters. The fourth-order valence-electron chi connectivity index (χ4n) is 3.63. The van der Waals surface area contributed by atoms with E-state index in [1.54, 1.807) is 7.11 Å². The normalized spacial score (nSPS) is 28.2. The van der Waals surface area contributed by atoms with Crippen LogP contribution in [0.25, 0.3) is 0 Å². The van der Waals surface area contributed by atoms with Crippen LogP contribution in [-0.2, 0) is 14.9 Å². The Kier molecular flexibility index (Phi) is 5.10. The molecule has 0 amide bonds. The van der Waals surface area contributed by atoms with Crippen LogP contribution in [0.3, 0.4) is 0 Å². The molecule has 0 saturated heterocycles. The summed E-state index contributed by atoms with van der Waals surface area (Å²) < 4.78 is 16.6. The number of carboxylic acid groups (broad SMARTS) is 1. The molecule has 6 heteroatoms. The molecule has 1 N–H and O–H groups in total. The lowest BCUT2D eigenvalue weighted by Gasteiger charge is -2.40. The van der Waals surface area contributed by atoms with Crippen LogP contribution in [0.5, 0.6) is 11.5 Å². The van der Waals surface area contributed by atoms with Crippen molar-refractivity contribution in [2.75, 3.05) is 20.8 Å². The molecule has 2 aliphatic carbocycles. The molecule has 1 aromatic carbocycles. The maximum atomic E-state index is 11.6. The molecular formula is C20H25NO5. The number of carbonyl (C=O) groups is 1. The molecular weight excluding hydrogens is 334 g/mol. The van der Waals surface area contributed by atoms with Crippen LogP contribution in [0.4, 0.5) is 0 Å². The summed E-state index contributed by atoms with van der Waals surface area (Å²) in [6.07, 6.45) is 3.85. The number of hydrogen-bond donors (Lipinski definition) is 1. The lowest BCUT2D eigenvalue weighted by Crippen LogP contribution is -2.47. The number of carboxylic acids is 1. The second kappa shape index (κ2) is 7.16. The summed E-state index contributed by atoms with van der Waals surface area (Å²) in [5.74, 6) is 0.944. The molecule has 0 atom stereocenters. The van der Waals surface area contributed by atoms with Crippen molar-refractivity contribution in [2.45, 2.75) is 49.5 Å². The first-order valence-electron chi connectivity index (χ1n) is 9.00. The number of aliphatic carboxylic acids is 1. The van der Waals surface area contributed by atoms with Crippen LogP contribution in [0.1, 0.15) is 44.1 Å². The standard InChI is InChI=1S/C20H25NO5/c1-24-16-6-5-15(11-17(16)26-12-14-3-4-14)19(13-21)7-9-20(25-2,10-8-19)18(22)23/h5-6,11,14H,3-4,7-10,12H2,1-2H3,(H,22,23). The fraction of sp³-hybridized carbons (Fsp3) is 0.600. The van der Waals surface area contributed by atoms with Crippen molar-refractivity contribution in [1.29, 1.82) is 5.26 Å². The molecule has 0 spiro atoms. The number of nitriles is 1. The third-order valence-corrected chi connectivity index (χ3v) is 5.79. The Hall–Kier alpha value is -2.26. The largest absolute Gasteiger partial charge is 0.493 e. The quantitative estimate of drug-likeness (QED) is 0.803. The van der Waals surface area contributed by atoms with Gasteiger partial charge < -0.3 is 19.3 Å². The van der Waals surface area contributed by atoms with Gasteiger partial charge in [0, 0.05) is 7.11 Å². The predicted octanol–water partition coefficient (Wildman–Crippen LogP) is 3.29. The van der Waals surface area contributed by atoms with Gasteiger partial charge in [-0.25, -0.2) is 4.79 Å². The number of ether oxygens (including phenoxy) is 3. The molecule has 1 aromatic rings. The second-order valence-electron chi connectivity index (χ2n) is 7.32. The van der Waals surface area contributed by atoms with E-state index < -0.39 is 17.0 Å². The second-order valence-corrected chi connectivity index (χ2v) is 7.32. The van der Waals surface area contributed by atoms with Gasteiger partial charge in [0.15, 0.2) is 17.1 Å². The Morgan fingerprint density at radius 2 is 1.92 bits per heavy atom. The Morgan fingerprint density at radius 1 is 1.23 bits per heavy atom. The van der Waals surface area contributed by atoms with Gasteiger partial charge in [0.05, 0.1) is 25.2 Å². The highest BCUT2D eigenvalue weighted by atomic mass is 16.5. The molecule has 6 nitrogen and oxygen atoms in total. The van der Waals surface area contributed by atoms with E-state index in [1.165, 1.54) is 20.0 Å². The van der Waals surface area contributed by atoms with Gasteiger partial charge in [-0.3, -0.25) is 0 Å². The van der Waals surface area contributed by atoms with E-state index in [9.17, 15) is 15.2 Å². The highest BCUT2D eigenvalue weighted by Gasteiger charge is 2.48. The van der Waals surface area contributed by atoms with Crippen LogP contribution in [0.2, 0.25) is 0 Å². The summed E-state index contributed by atoms with van der Waals surface area (Å²) in [7, 11) is 3.02. The van der Waals surface area contributed by atoms with Crippen LogP contribution >= 0.6 is 0 Å². The van der Waals surface area contributed by atoms with Gasteiger partial charge in [0.25, 0.3) is 0 Å². The van der Waals surface area contributed by atoms with E-state index in [0.717, 1.165) is 5.56 Å². The Bertz CT molecular complexity index is 711. The van der Waals surface area contributed by atoms with E-state index in [4.69, 9.17) is 14.2 Å². The molecule has 0 heterocycles. The van der Waals surface area contributed by atoms with Crippen LogP contribution in [0.15, 0.2) is 18.2 Å². The molecule has 2 aliphatic rings. The Labute approximate surface area is 153 Å². The van der Waals surface area contributed by atoms with Crippen molar-refractivity contribution in [1.82, 2.24) is 0 Å². The third-order valence-electron chi connectivity index (χ3n) is 5.79. The number of hydrogen-bond acceptors (Lipinski definition) is 5. The summed E-state index contributed by atoms with van der Waals surface area (Å²) in [6, 6.07) is 8.02. The van der Waals surface area contributed by atoms with Crippen LogP contribution in [-0.4, -0.2) is 37.5 Å².